The van der Waals surface area contributed by atoms with Crippen LogP contribution in [0.5, 0.6) is 5.75 Å². The molecule has 1 aliphatic heterocycles. The van der Waals surface area contributed by atoms with E-state index in [0.29, 0.717) is 12.4 Å². The summed E-state index contributed by atoms with van der Waals surface area (Å²) in [5, 5.41) is 1.84. The van der Waals surface area contributed by atoms with Crippen LogP contribution in [-0.4, -0.2) is 35.2 Å². The molecule has 0 saturated carbocycles. The van der Waals surface area contributed by atoms with Crippen molar-refractivity contribution in [3.63, 3.8) is 0 Å². The molecule has 2 amide bonds. The first-order chi connectivity index (χ1) is 15.5. The number of benzene rings is 3. The SMILES string of the molecule is CCOC(=O)CN1C(=O)S/C(=C\c2ccc(OCc3cccc4ccccc34)cc2)C1=O. The van der Waals surface area contributed by atoms with Crippen LogP contribution >= 0.6 is 11.8 Å². The summed E-state index contributed by atoms with van der Waals surface area (Å²) >= 11 is 0.809. The molecule has 0 aliphatic carbocycles. The van der Waals surface area contributed by atoms with Crippen molar-refractivity contribution in [1.29, 1.82) is 0 Å². The number of hydrogen-bond donors (Lipinski definition) is 0. The monoisotopic (exact) mass is 447 g/mol. The van der Waals surface area contributed by atoms with Gasteiger partial charge in [-0.25, -0.2) is 0 Å². The van der Waals surface area contributed by atoms with Crippen molar-refractivity contribution in [2.45, 2.75) is 13.5 Å². The number of amides is 2. The first-order valence-electron chi connectivity index (χ1n) is 10.2. The van der Waals surface area contributed by atoms with Crippen LogP contribution in [0.2, 0.25) is 0 Å². The molecule has 0 N–H and O–H groups in total. The van der Waals surface area contributed by atoms with E-state index in [1.807, 2.05) is 48.5 Å². The molecule has 3 aromatic carbocycles. The number of ether oxygens (including phenoxy) is 2. The van der Waals surface area contributed by atoms with Crippen molar-refractivity contribution in [3.05, 3.63) is 82.8 Å². The van der Waals surface area contributed by atoms with E-state index in [-0.39, 0.29) is 18.1 Å². The van der Waals surface area contributed by atoms with Crippen LogP contribution in [0, 0.1) is 0 Å². The predicted octanol–water partition coefficient (Wildman–Crippen LogP) is 5.02. The maximum Gasteiger partial charge on any atom is 0.326 e. The molecule has 4 rings (SSSR count). The van der Waals surface area contributed by atoms with Gasteiger partial charge in [-0.1, -0.05) is 54.6 Å². The molecule has 0 aromatic heterocycles. The van der Waals surface area contributed by atoms with Gasteiger partial charge < -0.3 is 9.47 Å². The van der Waals surface area contributed by atoms with E-state index in [1.54, 1.807) is 13.0 Å². The zero-order valence-corrected chi connectivity index (χ0v) is 18.3. The standard InChI is InChI=1S/C25H21NO5S/c1-2-30-23(27)15-26-24(28)22(32-25(26)29)14-17-10-12-20(13-11-17)31-16-19-8-5-7-18-6-3-4-9-21(18)19/h3-14H,2,15-16H2,1H3/b22-14-. The summed E-state index contributed by atoms with van der Waals surface area (Å²) in [5.41, 5.74) is 1.85. The highest BCUT2D eigenvalue weighted by Crippen LogP contribution is 2.32. The summed E-state index contributed by atoms with van der Waals surface area (Å²) in [6.45, 7) is 1.92. The summed E-state index contributed by atoms with van der Waals surface area (Å²) in [6, 6.07) is 21.6. The van der Waals surface area contributed by atoms with E-state index in [4.69, 9.17) is 9.47 Å². The average Bonchev–Trinajstić information content (AvgIpc) is 3.06. The lowest BCUT2D eigenvalue weighted by molar-refractivity contribution is -0.145. The summed E-state index contributed by atoms with van der Waals surface area (Å²) in [7, 11) is 0. The van der Waals surface area contributed by atoms with Crippen LogP contribution in [0.4, 0.5) is 4.79 Å². The number of fused-ring (bicyclic) bond motifs is 1. The molecular formula is C25H21NO5S. The molecular weight excluding hydrogens is 426 g/mol. The number of hydrogen-bond acceptors (Lipinski definition) is 6. The average molecular weight is 448 g/mol. The number of nitrogens with zero attached hydrogens (tertiary/aromatic N) is 1. The summed E-state index contributed by atoms with van der Waals surface area (Å²) in [6.07, 6.45) is 1.63. The van der Waals surface area contributed by atoms with Gasteiger partial charge in [-0.2, -0.15) is 0 Å². The summed E-state index contributed by atoms with van der Waals surface area (Å²) in [5.74, 6) is -0.404. The van der Waals surface area contributed by atoms with E-state index in [0.717, 1.165) is 33.2 Å². The molecule has 1 fully saturated rings. The number of rotatable bonds is 7. The van der Waals surface area contributed by atoms with Crippen molar-refractivity contribution in [2.75, 3.05) is 13.2 Å². The van der Waals surface area contributed by atoms with Crippen LogP contribution in [-0.2, 0) is 20.9 Å². The number of esters is 1. The van der Waals surface area contributed by atoms with Crippen LogP contribution in [0.1, 0.15) is 18.1 Å². The number of imide groups is 1. The fraction of sp³-hybridized carbons (Fsp3) is 0.160. The van der Waals surface area contributed by atoms with Gasteiger partial charge in [0.25, 0.3) is 11.1 Å². The lowest BCUT2D eigenvalue weighted by Crippen LogP contribution is -2.34. The number of carbonyl (C=O) groups excluding carboxylic acids is 3. The first kappa shape index (κ1) is 21.6. The number of thioether (sulfide) groups is 1. The van der Waals surface area contributed by atoms with Gasteiger partial charge in [0.15, 0.2) is 0 Å². The van der Waals surface area contributed by atoms with Gasteiger partial charge >= 0.3 is 5.97 Å². The summed E-state index contributed by atoms with van der Waals surface area (Å²) < 4.78 is 10.8. The second kappa shape index (κ2) is 9.70. The second-order valence-electron chi connectivity index (χ2n) is 7.07. The fourth-order valence-electron chi connectivity index (χ4n) is 3.36. The largest absolute Gasteiger partial charge is 0.489 e. The minimum atomic E-state index is -0.608. The highest BCUT2D eigenvalue weighted by atomic mass is 32.2. The molecule has 32 heavy (non-hydrogen) atoms. The van der Waals surface area contributed by atoms with Gasteiger partial charge in [0.2, 0.25) is 0 Å². The second-order valence-corrected chi connectivity index (χ2v) is 8.06. The lowest BCUT2D eigenvalue weighted by atomic mass is 10.1. The topological polar surface area (TPSA) is 72.9 Å². The molecule has 0 bridgehead atoms. The molecule has 7 heteroatoms. The Morgan fingerprint density at radius 1 is 1.00 bits per heavy atom. The van der Waals surface area contributed by atoms with Gasteiger partial charge in [0.1, 0.15) is 18.9 Å². The van der Waals surface area contributed by atoms with Gasteiger partial charge in [0.05, 0.1) is 11.5 Å². The highest BCUT2D eigenvalue weighted by molar-refractivity contribution is 8.18. The minimum Gasteiger partial charge on any atom is -0.489 e. The minimum absolute atomic E-state index is 0.194. The lowest BCUT2D eigenvalue weighted by Gasteiger charge is -2.10. The van der Waals surface area contributed by atoms with Crippen molar-refractivity contribution >= 4 is 45.7 Å². The Morgan fingerprint density at radius 3 is 2.53 bits per heavy atom. The third kappa shape index (κ3) is 4.84. The van der Waals surface area contributed by atoms with Crippen LogP contribution in [0.25, 0.3) is 16.8 Å². The van der Waals surface area contributed by atoms with Crippen LogP contribution in [0.15, 0.2) is 71.6 Å². The quantitative estimate of drug-likeness (QED) is 0.374. The zero-order valence-electron chi connectivity index (χ0n) is 17.4. The smallest absolute Gasteiger partial charge is 0.326 e. The molecule has 0 unspecified atom stereocenters. The van der Waals surface area contributed by atoms with E-state index in [2.05, 4.69) is 18.2 Å². The Morgan fingerprint density at radius 2 is 1.75 bits per heavy atom. The Hall–Kier alpha value is -3.58. The molecule has 162 valence electrons. The molecule has 0 atom stereocenters. The Labute approximate surface area is 189 Å². The Kier molecular flexibility index (Phi) is 6.56. The molecule has 3 aromatic rings. The molecule has 1 aliphatic rings. The molecule has 6 nitrogen and oxygen atoms in total. The number of carbonyl (C=O) groups is 3. The van der Waals surface area contributed by atoms with Gasteiger partial charge in [0, 0.05) is 0 Å². The van der Waals surface area contributed by atoms with Gasteiger partial charge in [-0.15, -0.1) is 0 Å². The Balaban J connectivity index is 1.41. The highest BCUT2D eigenvalue weighted by Gasteiger charge is 2.36. The summed E-state index contributed by atoms with van der Waals surface area (Å²) in [4.78, 5) is 37.4. The maximum absolute atomic E-state index is 12.5. The van der Waals surface area contributed by atoms with Crippen LogP contribution < -0.4 is 4.74 Å². The van der Waals surface area contributed by atoms with Crippen LogP contribution in [0.3, 0.4) is 0 Å². The third-order valence-electron chi connectivity index (χ3n) is 4.92. The van der Waals surface area contributed by atoms with Crippen molar-refractivity contribution in [3.8, 4) is 5.75 Å². The van der Waals surface area contributed by atoms with Gasteiger partial charge in [-0.3, -0.25) is 19.3 Å². The normalized spacial score (nSPS) is 14.9. The molecule has 1 saturated heterocycles. The molecule has 0 spiro atoms. The molecule has 0 radical (unpaired) electrons. The third-order valence-corrected chi connectivity index (χ3v) is 5.83. The van der Waals surface area contributed by atoms with E-state index in [1.165, 1.54) is 5.39 Å². The van der Waals surface area contributed by atoms with E-state index >= 15 is 0 Å². The molecule has 1 heterocycles. The van der Waals surface area contributed by atoms with Crippen molar-refractivity contribution in [1.82, 2.24) is 4.90 Å². The van der Waals surface area contributed by atoms with Crippen molar-refractivity contribution < 1.29 is 23.9 Å². The first-order valence-corrected chi connectivity index (χ1v) is 11.0. The fourth-order valence-corrected chi connectivity index (χ4v) is 4.20. The zero-order chi connectivity index (χ0) is 22.5. The maximum atomic E-state index is 12.5. The van der Waals surface area contributed by atoms with E-state index < -0.39 is 17.1 Å². The van der Waals surface area contributed by atoms with Gasteiger partial charge in [-0.05, 0) is 58.8 Å². The van der Waals surface area contributed by atoms with E-state index in [9.17, 15) is 14.4 Å². The van der Waals surface area contributed by atoms with Crippen molar-refractivity contribution in [2.24, 2.45) is 0 Å². The predicted molar refractivity (Wildman–Crippen MR) is 124 cm³/mol. The Bertz CT molecular complexity index is 1200.